The van der Waals surface area contributed by atoms with Crippen molar-refractivity contribution in [2.24, 2.45) is 35.5 Å². The Bertz CT molecular complexity index is 1160. The lowest BCUT2D eigenvalue weighted by Gasteiger charge is -2.37. The molecule has 2 saturated carbocycles. The van der Waals surface area contributed by atoms with Crippen molar-refractivity contribution in [1.82, 2.24) is 4.90 Å². The highest BCUT2D eigenvalue weighted by molar-refractivity contribution is 6.42. The molecule has 2 aromatic carbocycles. The van der Waals surface area contributed by atoms with Crippen molar-refractivity contribution < 1.29 is 14.4 Å². The fourth-order valence-electron chi connectivity index (χ4n) is 6.23. The van der Waals surface area contributed by atoms with Gasteiger partial charge in [0.05, 0.1) is 21.9 Å². The molecule has 1 N–H and O–H groups in total. The van der Waals surface area contributed by atoms with Crippen LogP contribution in [0.2, 0.25) is 10.0 Å². The Kier molecular flexibility index (Phi) is 4.89. The number of hydrogen-bond donors (Lipinski definition) is 1. The van der Waals surface area contributed by atoms with Gasteiger partial charge in [-0.3, -0.25) is 19.3 Å². The second-order valence-corrected chi connectivity index (χ2v) is 10.3. The van der Waals surface area contributed by atoms with Crippen molar-refractivity contribution in [3.8, 4) is 0 Å². The molecule has 7 atom stereocenters. The highest BCUT2D eigenvalue weighted by Gasteiger charge is 2.67. The molecule has 4 aliphatic carbocycles. The van der Waals surface area contributed by atoms with Crippen LogP contribution in [-0.4, -0.2) is 28.7 Å². The largest absolute Gasteiger partial charge is 0.324 e. The molecular weight excluding hydrogens is 459 g/mol. The third-order valence-corrected chi connectivity index (χ3v) is 8.51. The minimum Gasteiger partial charge on any atom is -0.324 e. The first-order valence-corrected chi connectivity index (χ1v) is 12.0. The SMILES string of the molecule is O=C(Nc1ccc(Cl)c(Cl)c1)[C@H](Cc1ccccc1)N1C(=O)[C@@H]2[C@H]3C=C[C@@H]([C@@H]4C[C@@H]34)[C@@H]2C1=O. The Morgan fingerprint density at radius 3 is 2.18 bits per heavy atom. The average Bonchev–Trinajstić information content (AvgIpc) is 3.59. The molecule has 7 rings (SSSR count). The molecular formula is C26H22Cl2N2O3. The van der Waals surface area contributed by atoms with Gasteiger partial charge < -0.3 is 5.32 Å². The normalized spacial score (nSPS) is 31.9. The van der Waals surface area contributed by atoms with Gasteiger partial charge in [-0.1, -0.05) is 65.7 Å². The fraction of sp³-hybridized carbons (Fsp3) is 0.346. The van der Waals surface area contributed by atoms with Gasteiger partial charge in [0.1, 0.15) is 6.04 Å². The van der Waals surface area contributed by atoms with Crippen LogP contribution in [0.5, 0.6) is 0 Å². The number of halogens is 2. The average molecular weight is 481 g/mol. The number of carbonyl (C=O) groups excluding carboxylic acids is 3. The summed E-state index contributed by atoms with van der Waals surface area (Å²) in [4.78, 5) is 42.0. The van der Waals surface area contributed by atoms with Crippen molar-refractivity contribution in [3.63, 3.8) is 0 Å². The minimum absolute atomic E-state index is 0.113. The monoisotopic (exact) mass is 480 g/mol. The van der Waals surface area contributed by atoms with Gasteiger partial charge in [0.2, 0.25) is 17.7 Å². The van der Waals surface area contributed by atoms with E-state index >= 15 is 0 Å². The molecule has 0 spiro atoms. The molecule has 1 heterocycles. The van der Waals surface area contributed by atoms with Crippen LogP contribution in [0.1, 0.15) is 12.0 Å². The molecule has 2 bridgehead atoms. The van der Waals surface area contributed by atoms with Crippen LogP contribution in [0.15, 0.2) is 60.7 Å². The van der Waals surface area contributed by atoms with E-state index < -0.39 is 11.9 Å². The van der Waals surface area contributed by atoms with Crippen molar-refractivity contribution in [3.05, 3.63) is 76.3 Å². The molecule has 7 heteroatoms. The summed E-state index contributed by atoms with van der Waals surface area (Å²) in [7, 11) is 0. The zero-order valence-corrected chi connectivity index (χ0v) is 19.2. The van der Waals surface area contributed by atoms with Crippen LogP contribution < -0.4 is 5.32 Å². The Labute approximate surface area is 201 Å². The van der Waals surface area contributed by atoms with E-state index in [0.717, 1.165) is 12.0 Å². The third kappa shape index (κ3) is 3.32. The highest BCUT2D eigenvalue weighted by atomic mass is 35.5. The molecule has 1 saturated heterocycles. The fourth-order valence-corrected chi connectivity index (χ4v) is 6.52. The molecule has 1 aliphatic heterocycles. The first-order chi connectivity index (χ1) is 15.9. The van der Waals surface area contributed by atoms with Crippen LogP contribution >= 0.6 is 23.2 Å². The van der Waals surface area contributed by atoms with E-state index in [1.807, 2.05) is 30.3 Å². The van der Waals surface area contributed by atoms with Crippen LogP contribution in [0, 0.1) is 35.5 Å². The minimum atomic E-state index is -0.941. The molecule has 3 amide bonds. The predicted octanol–water partition coefficient (Wildman–Crippen LogP) is 4.60. The smallest absolute Gasteiger partial charge is 0.248 e. The van der Waals surface area contributed by atoms with Gasteiger partial charge in [-0.25, -0.2) is 0 Å². The van der Waals surface area contributed by atoms with Gasteiger partial charge in [-0.15, -0.1) is 0 Å². The number of allylic oxidation sites excluding steroid dienone is 2. The second-order valence-electron chi connectivity index (χ2n) is 9.52. The molecule has 33 heavy (non-hydrogen) atoms. The molecule has 3 fully saturated rings. The molecule has 0 unspecified atom stereocenters. The molecule has 168 valence electrons. The molecule has 5 nitrogen and oxygen atoms in total. The van der Waals surface area contributed by atoms with E-state index in [1.165, 1.54) is 4.90 Å². The summed E-state index contributed by atoms with van der Waals surface area (Å²) in [6, 6.07) is 13.3. The number of amides is 3. The number of hydrogen-bond acceptors (Lipinski definition) is 3. The van der Waals surface area contributed by atoms with Crippen molar-refractivity contribution in [1.29, 1.82) is 0 Å². The Morgan fingerprint density at radius 2 is 1.58 bits per heavy atom. The van der Waals surface area contributed by atoms with Gasteiger partial charge >= 0.3 is 0 Å². The lowest BCUT2D eigenvalue weighted by molar-refractivity contribution is -0.146. The van der Waals surface area contributed by atoms with Crippen molar-refractivity contribution in [2.75, 3.05) is 5.32 Å². The van der Waals surface area contributed by atoms with E-state index in [0.29, 0.717) is 27.6 Å². The standard InChI is InChI=1S/C26H22Cl2N2O3/c27-19-9-6-14(11-20(19)28)29-24(31)21(10-13-4-2-1-3-5-13)30-25(32)22-15-7-8-16(18-12-17(15)18)23(22)26(30)33/h1-9,11,15-18,21-23H,10,12H2,(H,29,31)/t15-,16-,17-,18-,21-,22-,23+/m0/s1. The van der Waals surface area contributed by atoms with E-state index in [-0.39, 0.29) is 41.9 Å². The van der Waals surface area contributed by atoms with Gasteiger partial charge in [-0.2, -0.15) is 0 Å². The van der Waals surface area contributed by atoms with Gasteiger partial charge in [0.15, 0.2) is 0 Å². The maximum Gasteiger partial charge on any atom is 0.248 e. The summed E-state index contributed by atoms with van der Waals surface area (Å²) in [6.45, 7) is 0. The quantitative estimate of drug-likeness (QED) is 0.502. The van der Waals surface area contributed by atoms with Crippen molar-refractivity contribution in [2.45, 2.75) is 18.9 Å². The third-order valence-electron chi connectivity index (χ3n) is 7.77. The number of benzene rings is 2. The van der Waals surface area contributed by atoms with Crippen LogP contribution in [0.4, 0.5) is 5.69 Å². The second kappa shape index (κ2) is 7.71. The Hall–Kier alpha value is -2.63. The molecule has 5 aliphatic rings. The van der Waals surface area contributed by atoms with Gasteiger partial charge in [0.25, 0.3) is 0 Å². The van der Waals surface area contributed by atoms with E-state index in [1.54, 1.807) is 18.2 Å². The topological polar surface area (TPSA) is 66.5 Å². The van der Waals surface area contributed by atoms with Crippen LogP contribution in [0.3, 0.4) is 0 Å². The lowest BCUT2D eigenvalue weighted by Crippen LogP contribution is -2.49. The molecule has 0 aromatic heterocycles. The number of imide groups is 1. The number of anilines is 1. The first kappa shape index (κ1) is 20.9. The summed E-state index contributed by atoms with van der Waals surface area (Å²) in [5.41, 5.74) is 1.35. The lowest BCUT2D eigenvalue weighted by atomic mass is 9.63. The molecule has 2 aromatic rings. The van der Waals surface area contributed by atoms with E-state index in [9.17, 15) is 14.4 Å². The number of rotatable bonds is 5. The first-order valence-electron chi connectivity index (χ1n) is 11.3. The number of carbonyl (C=O) groups is 3. The van der Waals surface area contributed by atoms with E-state index in [4.69, 9.17) is 23.2 Å². The summed E-state index contributed by atoms with van der Waals surface area (Å²) in [6.07, 6.45) is 5.62. The summed E-state index contributed by atoms with van der Waals surface area (Å²) >= 11 is 12.1. The summed E-state index contributed by atoms with van der Waals surface area (Å²) in [5.74, 6) is -0.266. The Balaban J connectivity index is 1.33. The zero-order chi connectivity index (χ0) is 22.9. The van der Waals surface area contributed by atoms with Gasteiger partial charge in [-0.05, 0) is 53.9 Å². The van der Waals surface area contributed by atoms with Crippen LogP contribution in [0.25, 0.3) is 0 Å². The summed E-state index contributed by atoms with van der Waals surface area (Å²) < 4.78 is 0. The summed E-state index contributed by atoms with van der Waals surface area (Å²) in [5, 5.41) is 3.54. The maximum atomic E-state index is 13.6. The Morgan fingerprint density at radius 1 is 0.939 bits per heavy atom. The molecule has 0 radical (unpaired) electrons. The number of nitrogens with one attached hydrogen (secondary N) is 1. The van der Waals surface area contributed by atoms with Gasteiger partial charge in [0, 0.05) is 12.1 Å². The maximum absolute atomic E-state index is 13.6. The van der Waals surface area contributed by atoms with Crippen LogP contribution in [-0.2, 0) is 20.8 Å². The van der Waals surface area contributed by atoms with E-state index in [2.05, 4.69) is 17.5 Å². The van der Waals surface area contributed by atoms with Crippen molar-refractivity contribution >= 4 is 46.6 Å². The number of likely N-dealkylation sites (tertiary alicyclic amines) is 1. The number of nitrogens with zero attached hydrogens (tertiary/aromatic N) is 1. The highest BCUT2D eigenvalue weighted by Crippen LogP contribution is 2.65. The zero-order valence-electron chi connectivity index (χ0n) is 17.7. The predicted molar refractivity (Wildman–Crippen MR) is 126 cm³/mol.